The first-order valence-corrected chi connectivity index (χ1v) is 10.1. The van der Waals surface area contributed by atoms with Crippen LogP contribution in [0, 0.1) is 0 Å². The molecule has 0 unspecified atom stereocenters. The third kappa shape index (κ3) is 4.34. The van der Waals surface area contributed by atoms with E-state index in [2.05, 4.69) is 0 Å². The number of nitrogens with zero attached hydrogens (tertiary/aromatic N) is 3. The molecular weight excluding hydrogens is 361 g/mol. The fraction of sp³-hybridized carbons (Fsp3) is 0.571. The van der Waals surface area contributed by atoms with Crippen molar-refractivity contribution < 1.29 is 18.8 Å². The SMILES string of the molecule is CCCCN1CCN([C@H](C(=O)N2CCC(F)CC2)c2ccccc2)C(=O)C1=O. The summed E-state index contributed by atoms with van der Waals surface area (Å²) >= 11 is 0. The molecule has 152 valence electrons. The van der Waals surface area contributed by atoms with Crippen molar-refractivity contribution in [2.45, 2.75) is 44.8 Å². The number of hydrogen-bond acceptors (Lipinski definition) is 3. The van der Waals surface area contributed by atoms with Crippen LogP contribution in [0.5, 0.6) is 0 Å². The van der Waals surface area contributed by atoms with Gasteiger partial charge in [-0.2, -0.15) is 0 Å². The van der Waals surface area contributed by atoms with Crippen LogP contribution in [-0.2, 0) is 14.4 Å². The number of carbonyl (C=O) groups excluding carboxylic acids is 3. The summed E-state index contributed by atoms with van der Waals surface area (Å²) in [4.78, 5) is 43.3. The van der Waals surface area contributed by atoms with E-state index in [0.717, 1.165) is 12.8 Å². The third-order valence-electron chi connectivity index (χ3n) is 5.52. The number of hydrogen-bond donors (Lipinski definition) is 0. The molecule has 2 saturated heterocycles. The number of piperazine rings is 1. The topological polar surface area (TPSA) is 60.9 Å². The van der Waals surface area contributed by atoms with Crippen LogP contribution in [0.4, 0.5) is 4.39 Å². The molecule has 28 heavy (non-hydrogen) atoms. The Hall–Kier alpha value is -2.44. The Morgan fingerprint density at radius 2 is 1.75 bits per heavy atom. The number of amides is 3. The zero-order chi connectivity index (χ0) is 20.1. The van der Waals surface area contributed by atoms with E-state index in [9.17, 15) is 18.8 Å². The van der Waals surface area contributed by atoms with E-state index in [0.29, 0.717) is 51.1 Å². The number of likely N-dealkylation sites (tertiary alicyclic amines) is 1. The molecule has 0 radical (unpaired) electrons. The molecule has 2 heterocycles. The molecule has 0 bridgehead atoms. The van der Waals surface area contributed by atoms with Gasteiger partial charge >= 0.3 is 11.8 Å². The van der Waals surface area contributed by atoms with E-state index in [4.69, 9.17) is 0 Å². The Morgan fingerprint density at radius 3 is 2.39 bits per heavy atom. The van der Waals surface area contributed by atoms with Gasteiger partial charge in [0.25, 0.3) is 0 Å². The normalized spacial score (nSPS) is 19.9. The molecular formula is C21H28FN3O3. The van der Waals surface area contributed by atoms with E-state index in [1.54, 1.807) is 21.9 Å². The molecule has 6 nitrogen and oxygen atoms in total. The Labute approximate surface area is 165 Å². The molecule has 0 spiro atoms. The monoisotopic (exact) mass is 389 g/mol. The summed E-state index contributed by atoms with van der Waals surface area (Å²) < 4.78 is 13.5. The van der Waals surface area contributed by atoms with Crippen molar-refractivity contribution >= 4 is 17.7 Å². The molecule has 0 aliphatic carbocycles. The van der Waals surface area contributed by atoms with Gasteiger partial charge in [0.15, 0.2) is 0 Å². The molecule has 2 aliphatic rings. The highest BCUT2D eigenvalue weighted by Gasteiger charge is 2.41. The first-order valence-electron chi connectivity index (χ1n) is 10.1. The smallest absolute Gasteiger partial charge is 0.313 e. The summed E-state index contributed by atoms with van der Waals surface area (Å²) in [7, 11) is 0. The van der Waals surface area contributed by atoms with Crippen LogP contribution in [0.1, 0.15) is 44.2 Å². The minimum Gasteiger partial charge on any atom is -0.340 e. The fourth-order valence-corrected chi connectivity index (χ4v) is 3.83. The number of rotatable bonds is 6. The Morgan fingerprint density at radius 1 is 1.07 bits per heavy atom. The Kier molecular flexibility index (Phi) is 6.65. The van der Waals surface area contributed by atoms with Crippen molar-refractivity contribution in [2.24, 2.45) is 0 Å². The zero-order valence-electron chi connectivity index (χ0n) is 16.3. The van der Waals surface area contributed by atoms with Crippen LogP contribution in [0.2, 0.25) is 0 Å². The fourth-order valence-electron chi connectivity index (χ4n) is 3.83. The third-order valence-corrected chi connectivity index (χ3v) is 5.52. The summed E-state index contributed by atoms with van der Waals surface area (Å²) in [6, 6.07) is 8.22. The van der Waals surface area contributed by atoms with Gasteiger partial charge in [-0.05, 0) is 24.8 Å². The van der Waals surface area contributed by atoms with Gasteiger partial charge in [-0.15, -0.1) is 0 Å². The Balaban J connectivity index is 1.83. The lowest BCUT2D eigenvalue weighted by molar-refractivity contribution is -0.161. The van der Waals surface area contributed by atoms with Gasteiger partial charge in [-0.1, -0.05) is 43.7 Å². The molecule has 2 aliphatic heterocycles. The highest BCUT2D eigenvalue weighted by atomic mass is 19.1. The van der Waals surface area contributed by atoms with E-state index in [1.165, 1.54) is 4.90 Å². The van der Waals surface area contributed by atoms with Crippen molar-refractivity contribution in [3.8, 4) is 0 Å². The van der Waals surface area contributed by atoms with Crippen LogP contribution in [0.3, 0.4) is 0 Å². The minimum atomic E-state index is -0.885. The van der Waals surface area contributed by atoms with Crippen molar-refractivity contribution in [3.63, 3.8) is 0 Å². The maximum Gasteiger partial charge on any atom is 0.313 e. The van der Waals surface area contributed by atoms with Crippen molar-refractivity contribution in [1.82, 2.24) is 14.7 Å². The van der Waals surface area contributed by atoms with E-state index in [-0.39, 0.29) is 5.91 Å². The molecule has 1 aromatic rings. The van der Waals surface area contributed by atoms with Gasteiger partial charge in [-0.3, -0.25) is 14.4 Å². The average Bonchev–Trinajstić information content (AvgIpc) is 2.72. The molecule has 3 amide bonds. The van der Waals surface area contributed by atoms with Gasteiger partial charge in [0.2, 0.25) is 5.91 Å². The van der Waals surface area contributed by atoms with Crippen LogP contribution in [-0.4, -0.2) is 71.3 Å². The van der Waals surface area contributed by atoms with Crippen molar-refractivity contribution in [3.05, 3.63) is 35.9 Å². The van der Waals surface area contributed by atoms with Crippen LogP contribution in [0.25, 0.3) is 0 Å². The largest absolute Gasteiger partial charge is 0.340 e. The standard InChI is InChI=1S/C21H28FN3O3/c1-2-3-11-23-14-15-25(21(28)20(23)27)18(16-7-5-4-6-8-16)19(26)24-12-9-17(22)10-13-24/h4-8,17-18H,2-3,9-15H2,1H3/t18-/m0/s1. The summed E-state index contributed by atoms with van der Waals surface area (Å²) in [5, 5.41) is 0. The Bertz CT molecular complexity index is 704. The number of alkyl halides is 1. The quantitative estimate of drug-likeness (QED) is 0.701. The maximum atomic E-state index is 13.5. The first kappa shape index (κ1) is 20.3. The second-order valence-electron chi connectivity index (χ2n) is 7.46. The number of unbranched alkanes of at least 4 members (excludes halogenated alkanes) is 1. The lowest BCUT2D eigenvalue weighted by Crippen LogP contribution is -2.58. The van der Waals surface area contributed by atoms with Crippen molar-refractivity contribution in [2.75, 3.05) is 32.7 Å². The minimum absolute atomic E-state index is 0.235. The summed E-state index contributed by atoms with van der Waals surface area (Å²) in [6.07, 6.45) is 1.52. The summed E-state index contributed by atoms with van der Waals surface area (Å²) in [5.74, 6) is -1.41. The summed E-state index contributed by atoms with van der Waals surface area (Å²) in [5.41, 5.74) is 0.679. The summed E-state index contributed by atoms with van der Waals surface area (Å²) in [6.45, 7) is 4.01. The molecule has 0 aromatic heterocycles. The molecule has 7 heteroatoms. The lowest BCUT2D eigenvalue weighted by atomic mass is 10.0. The van der Waals surface area contributed by atoms with Crippen LogP contribution >= 0.6 is 0 Å². The van der Waals surface area contributed by atoms with Crippen molar-refractivity contribution in [1.29, 1.82) is 0 Å². The second-order valence-corrected chi connectivity index (χ2v) is 7.46. The molecule has 2 fully saturated rings. The van der Waals surface area contributed by atoms with E-state index < -0.39 is 24.0 Å². The molecule has 1 aromatic carbocycles. The predicted molar refractivity (Wildman–Crippen MR) is 103 cm³/mol. The van der Waals surface area contributed by atoms with Gasteiger partial charge in [-0.25, -0.2) is 4.39 Å². The first-order chi connectivity index (χ1) is 13.5. The molecule has 1 atom stereocenters. The molecule has 3 rings (SSSR count). The number of halogens is 1. The maximum absolute atomic E-state index is 13.5. The lowest BCUT2D eigenvalue weighted by Gasteiger charge is -2.40. The molecule has 0 N–H and O–H groups in total. The molecule has 0 saturated carbocycles. The highest BCUT2D eigenvalue weighted by Crippen LogP contribution is 2.27. The number of benzene rings is 1. The zero-order valence-corrected chi connectivity index (χ0v) is 16.3. The average molecular weight is 389 g/mol. The predicted octanol–water partition coefficient (Wildman–Crippen LogP) is 2.16. The second kappa shape index (κ2) is 9.17. The van der Waals surface area contributed by atoms with E-state index in [1.807, 2.05) is 25.1 Å². The van der Waals surface area contributed by atoms with Crippen LogP contribution < -0.4 is 0 Å². The number of piperidine rings is 1. The van der Waals surface area contributed by atoms with Gasteiger partial charge in [0.1, 0.15) is 12.2 Å². The highest BCUT2D eigenvalue weighted by molar-refractivity contribution is 6.35. The van der Waals surface area contributed by atoms with Gasteiger partial charge in [0.05, 0.1) is 0 Å². The van der Waals surface area contributed by atoms with Crippen LogP contribution in [0.15, 0.2) is 30.3 Å². The van der Waals surface area contributed by atoms with E-state index >= 15 is 0 Å². The van der Waals surface area contributed by atoms with Gasteiger partial charge in [0, 0.05) is 32.7 Å². The number of carbonyl (C=O) groups is 3. The van der Waals surface area contributed by atoms with Gasteiger partial charge < -0.3 is 14.7 Å².